The molecule has 3 N–H and O–H groups in total. The molecule has 0 unspecified atom stereocenters. The Labute approximate surface area is 118 Å². The second-order valence-electron chi connectivity index (χ2n) is 3.93. The first kappa shape index (κ1) is 13.4. The fraction of sp³-hybridized carbons (Fsp3) is 0.0769. The molecule has 1 aromatic heterocycles. The number of nitrogens with two attached hydrogens (primary N) is 1. The number of hydrogen-bond donors (Lipinski definition) is 2. The largest absolute Gasteiger partial charge is 0.478 e. The number of aryl methyl sites for hydroxylation is 1. The average molecular weight is 323 g/mol. The fourth-order valence-electron chi connectivity index (χ4n) is 1.53. The van der Waals surface area contributed by atoms with E-state index in [2.05, 4.69) is 20.9 Å². The monoisotopic (exact) mass is 322 g/mol. The minimum atomic E-state index is -1.11. The SMILES string of the molecule is Cc1cc(Br)ccc1Oc1cc(C(=O)O)c(N)cn1. The number of ether oxygens (including phenoxy) is 1. The van der Waals surface area contributed by atoms with Crippen LogP contribution < -0.4 is 10.5 Å². The number of halogens is 1. The van der Waals surface area contributed by atoms with Gasteiger partial charge >= 0.3 is 5.97 Å². The van der Waals surface area contributed by atoms with Crippen LogP contribution in [0.2, 0.25) is 0 Å². The maximum absolute atomic E-state index is 11.0. The summed E-state index contributed by atoms with van der Waals surface area (Å²) in [7, 11) is 0. The van der Waals surface area contributed by atoms with E-state index >= 15 is 0 Å². The number of carboxylic acid groups (broad SMARTS) is 1. The lowest BCUT2D eigenvalue weighted by Crippen LogP contribution is -2.04. The minimum absolute atomic E-state index is 0.0280. The van der Waals surface area contributed by atoms with Gasteiger partial charge in [0.2, 0.25) is 5.88 Å². The van der Waals surface area contributed by atoms with Gasteiger partial charge in [-0.15, -0.1) is 0 Å². The van der Waals surface area contributed by atoms with E-state index in [0.717, 1.165) is 10.0 Å². The highest BCUT2D eigenvalue weighted by molar-refractivity contribution is 9.10. The lowest BCUT2D eigenvalue weighted by molar-refractivity contribution is 0.0697. The summed E-state index contributed by atoms with van der Waals surface area (Å²) in [6, 6.07) is 6.81. The molecule has 0 spiro atoms. The lowest BCUT2D eigenvalue weighted by atomic mass is 10.2. The van der Waals surface area contributed by atoms with Crippen molar-refractivity contribution in [1.82, 2.24) is 4.98 Å². The summed E-state index contributed by atoms with van der Waals surface area (Å²) in [6.07, 6.45) is 1.27. The van der Waals surface area contributed by atoms with E-state index in [0.29, 0.717) is 5.75 Å². The standard InChI is InChI=1S/C13H11BrN2O3/c1-7-4-8(14)2-3-11(7)19-12-5-9(13(17)18)10(15)6-16-12/h2-6H,15H2,1H3,(H,17,18). The molecule has 0 atom stereocenters. The summed E-state index contributed by atoms with van der Waals surface area (Å²) in [5, 5.41) is 8.98. The van der Waals surface area contributed by atoms with Crippen LogP contribution in [-0.4, -0.2) is 16.1 Å². The van der Waals surface area contributed by atoms with Crippen molar-refractivity contribution in [3.8, 4) is 11.6 Å². The molecule has 0 amide bonds. The first-order chi connectivity index (χ1) is 8.97. The van der Waals surface area contributed by atoms with Gasteiger partial charge in [-0.05, 0) is 30.7 Å². The summed E-state index contributed by atoms with van der Waals surface area (Å²) in [5.41, 5.74) is 6.51. The molecule has 98 valence electrons. The zero-order valence-corrected chi connectivity index (χ0v) is 11.6. The van der Waals surface area contributed by atoms with Crippen molar-refractivity contribution in [2.75, 3.05) is 5.73 Å². The third kappa shape index (κ3) is 3.03. The van der Waals surface area contributed by atoms with Crippen molar-refractivity contribution < 1.29 is 14.6 Å². The zero-order valence-electron chi connectivity index (χ0n) is 10.1. The number of nitrogen functional groups attached to an aromatic ring is 1. The van der Waals surface area contributed by atoms with Gasteiger partial charge in [0.25, 0.3) is 0 Å². The van der Waals surface area contributed by atoms with E-state index in [-0.39, 0.29) is 17.1 Å². The Kier molecular flexibility index (Phi) is 3.71. The van der Waals surface area contributed by atoms with Crippen molar-refractivity contribution in [3.05, 3.63) is 46.1 Å². The Morgan fingerprint density at radius 3 is 2.79 bits per heavy atom. The predicted octanol–water partition coefficient (Wildman–Crippen LogP) is 3.23. The van der Waals surface area contributed by atoms with E-state index < -0.39 is 5.97 Å². The van der Waals surface area contributed by atoms with Gasteiger partial charge in [0.1, 0.15) is 5.75 Å². The van der Waals surface area contributed by atoms with Crippen molar-refractivity contribution in [2.24, 2.45) is 0 Å². The van der Waals surface area contributed by atoms with Gasteiger partial charge in [0, 0.05) is 10.5 Å². The molecule has 1 heterocycles. The molecule has 6 heteroatoms. The third-order valence-electron chi connectivity index (χ3n) is 2.49. The molecule has 0 saturated heterocycles. The third-order valence-corrected chi connectivity index (χ3v) is 2.98. The number of rotatable bonds is 3. The number of carboxylic acids is 1. The van der Waals surface area contributed by atoms with Crippen LogP contribution in [-0.2, 0) is 0 Å². The second-order valence-corrected chi connectivity index (χ2v) is 4.84. The molecule has 0 saturated carbocycles. The summed E-state index contributed by atoms with van der Waals surface area (Å²) in [6.45, 7) is 1.88. The van der Waals surface area contributed by atoms with Crippen LogP contribution in [0.3, 0.4) is 0 Å². The Morgan fingerprint density at radius 1 is 1.42 bits per heavy atom. The molecule has 2 rings (SSSR count). The van der Waals surface area contributed by atoms with Crippen molar-refractivity contribution >= 4 is 27.6 Å². The van der Waals surface area contributed by atoms with E-state index in [1.807, 2.05) is 19.1 Å². The predicted molar refractivity (Wildman–Crippen MR) is 74.6 cm³/mol. The highest BCUT2D eigenvalue weighted by Crippen LogP contribution is 2.27. The van der Waals surface area contributed by atoms with Crippen LogP contribution in [0.25, 0.3) is 0 Å². The van der Waals surface area contributed by atoms with E-state index in [9.17, 15) is 4.79 Å². The number of anilines is 1. The molecule has 0 radical (unpaired) electrons. The van der Waals surface area contributed by atoms with E-state index in [4.69, 9.17) is 15.6 Å². The number of nitrogens with zero attached hydrogens (tertiary/aromatic N) is 1. The zero-order chi connectivity index (χ0) is 14.0. The molecule has 5 nitrogen and oxygen atoms in total. The molecular formula is C13H11BrN2O3. The Hall–Kier alpha value is -2.08. The van der Waals surface area contributed by atoms with Crippen LogP contribution in [0.1, 0.15) is 15.9 Å². The Bertz CT molecular complexity index is 644. The number of hydrogen-bond acceptors (Lipinski definition) is 4. The maximum Gasteiger partial charge on any atom is 0.338 e. The molecule has 0 aliphatic heterocycles. The van der Waals surface area contributed by atoms with Crippen molar-refractivity contribution in [2.45, 2.75) is 6.92 Å². The van der Waals surface area contributed by atoms with Gasteiger partial charge in [0.05, 0.1) is 17.4 Å². The molecule has 2 aromatic rings. The minimum Gasteiger partial charge on any atom is -0.478 e. The van der Waals surface area contributed by atoms with Gasteiger partial charge in [-0.25, -0.2) is 9.78 Å². The maximum atomic E-state index is 11.0. The van der Waals surface area contributed by atoms with Gasteiger partial charge in [-0.1, -0.05) is 15.9 Å². The molecule has 0 fully saturated rings. The number of aromatic nitrogens is 1. The molecule has 1 aromatic carbocycles. The highest BCUT2D eigenvalue weighted by atomic mass is 79.9. The summed E-state index contributed by atoms with van der Waals surface area (Å²) >= 11 is 3.36. The molecule has 0 bridgehead atoms. The van der Waals surface area contributed by atoms with Gasteiger partial charge < -0.3 is 15.6 Å². The molecular weight excluding hydrogens is 312 g/mol. The van der Waals surface area contributed by atoms with E-state index in [1.54, 1.807) is 6.07 Å². The number of carbonyl (C=O) groups is 1. The summed E-state index contributed by atoms with van der Waals surface area (Å²) in [5.74, 6) is -0.314. The molecule has 0 aliphatic rings. The number of benzene rings is 1. The number of pyridine rings is 1. The first-order valence-corrected chi connectivity index (χ1v) is 6.19. The smallest absolute Gasteiger partial charge is 0.338 e. The van der Waals surface area contributed by atoms with Gasteiger partial charge in [0.15, 0.2) is 0 Å². The normalized spacial score (nSPS) is 10.2. The number of aromatic carboxylic acids is 1. The van der Waals surface area contributed by atoms with Crippen LogP contribution in [0, 0.1) is 6.92 Å². The lowest BCUT2D eigenvalue weighted by Gasteiger charge is -2.09. The van der Waals surface area contributed by atoms with Crippen molar-refractivity contribution in [1.29, 1.82) is 0 Å². The van der Waals surface area contributed by atoms with Crippen molar-refractivity contribution in [3.63, 3.8) is 0 Å². The quantitative estimate of drug-likeness (QED) is 0.906. The first-order valence-electron chi connectivity index (χ1n) is 5.40. The van der Waals surface area contributed by atoms with Crippen LogP contribution >= 0.6 is 15.9 Å². The fourth-order valence-corrected chi connectivity index (χ4v) is 2.00. The van der Waals surface area contributed by atoms with E-state index in [1.165, 1.54) is 12.3 Å². The second kappa shape index (κ2) is 5.27. The molecule has 0 aliphatic carbocycles. The highest BCUT2D eigenvalue weighted by Gasteiger charge is 2.11. The van der Waals surface area contributed by atoms with Crippen LogP contribution in [0.15, 0.2) is 34.9 Å². The average Bonchev–Trinajstić information content (AvgIpc) is 2.34. The molecule has 19 heavy (non-hydrogen) atoms. The Morgan fingerprint density at radius 2 is 2.16 bits per heavy atom. The van der Waals surface area contributed by atoms with Gasteiger partial charge in [-0.2, -0.15) is 0 Å². The summed E-state index contributed by atoms with van der Waals surface area (Å²) < 4.78 is 6.50. The topological polar surface area (TPSA) is 85.4 Å². The van der Waals surface area contributed by atoms with Gasteiger partial charge in [-0.3, -0.25) is 0 Å². The van der Waals surface area contributed by atoms with Crippen LogP contribution in [0.4, 0.5) is 5.69 Å². The van der Waals surface area contributed by atoms with Crippen LogP contribution in [0.5, 0.6) is 11.6 Å². The Balaban J connectivity index is 2.33. The summed E-state index contributed by atoms with van der Waals surface area (Å²) in [4.78, 5) is 14.9.